The molecule has 2 aromatic carbocycles. The van der Waals surface area contributed by atoms with Crippen molar-refractivity contribution in [2.24, 2.45) is 13.0 Å². The highest BCUT2D eigenvalue weighted by atomic mass is 35.5. The van der Waals surface area contributed by atoms with Crippen LogP contribution < -0.4 is 19.8 Å². The van der Waals surface area contributed by atoms with Crippen molar-refractivity contribution in [3.8, 4) is 11.6 Å². The number of carbonyl (C=O) groups excluding carboxylic acids is 1. The topological polar surface area (TPSA) is 168 Å². The van der Waals surface area contributed by atoms with Crippen molar-refractivity contribution in [3.05, 3.63) is 97.8 Å². The SMILES string of the molecule is Cn1nc(NS(C)(=O)=O)c2c(Cl)ccc(-n3c(C(Cc4cc(F)cc(F)c4)NC(=O)Cn4nc(C(F)F)c5c4C(F)(F)C4CC54)nc4nc(OSC(F)(F)F)ccc4c3=O)c21. The predicted molar refractivity (Wildman–Crippen MR) is 200 cm³/mol. The van der Waals surface area contributed by atoms with Crippen molar-refractivity contribution in [2.45, 2.75) is 49.2 Å². The van der Waals surface area contributed by atoms with Gasteiger partial charge in [-0.1, -0.05) is 11.6 Å². The van der Waals surface area contributed by atoms with Gasteiger partial charge in [0.25, 0.3) is 17.9 Å². The van der Waals surface area contributed by atoms with Crippen LogP contribution in [-0.4, -0.2) is 60.2 Å². The summed E-state index contributed by atoms with van der Waals surface area (Å²) in [6.45, 7) is -1.10. The molecule has 3 atom stereocenters. The maximum Gasteiger partial charge on any atom is 0.479 e. The number of halogens is 10. The van der Waals surface area contributed by atoms with E-state index in [4.69, 9.17) is 11.6 Å². The van der Waals surface area contributed by atoms with Crippen LogP contribution in [0, 0.1) is 17.6 Å². The molecule has 0 bridgehead atoms. The Labute approximate surface area is 345 Å². The lowest BCUT2D eigenvalue weighted by Crippen LogP contribution is -2.38. The number of hydrogen-bond acceptors (Lipinski definition) is 10. The Morgan fingerprint density at radius 2 is 1.79 bits per heavy atom. The number of nitrogens with zero attached hydrogens (tertiary/aromatic N) is 7. The van der Waals surface area contributed by atoms with Crippen LogP contribution in [0.15, 0.2) is 47.3 Å². The Morgan fingerprint density at radius 1 is 1.08 bits per heavy atom. The van der Waals surface area contributed by atoms with Crippen LogP contribution in [-0.2, 0) is 40.8 Å². The first-order valence-corrected chi connectivity index (χ1v) is 20.5. The smallest absolute Gasteiger partial charge is 0.397 e. The van der Waals surface area contributed by atoms with Crippen molar-refractivity contribution in [3.63, 3.8) is 0 Å². The lowest BCUT2D eigenvalue weighted by molar-refractivity contribution is -0.123. The second kappa shape index (κ2) is 14.8. The normalized spacial score (nSPS) is 17.5. The average Bonchev–Trinajstić information content (AvgIpc) is 3.68. The molecule has 0 radical (unpaired) electrons. The van der Waals surface area contributed by atoms with Gasteiger partial charge in [-0.2, -0.15) is 37.1 Å². The maximum atomic E-state index is 15.4. The summed E-state index contributed by atoms with van der Waals surface area (Å²) in [6, 6.07) is 4.98. The number of amides is 1. The van der Waals surface area contributed by atoms with Gasteiger partial charge in [-0.25, -0.2) is 31.0 Å². The number of hydrogen-bond donors (Lipinski definition) is 2. The molecule has 1 fully saturated rings. The molecule has 14 nitrogen and oxygen atoms in total. The third-order valence-electron chi connectivity index (χ3n) is 9.86. The second-order valence-electron chi connectivity index (χ2n) is 14.2. The van der Waals surface area contributed by atoms with Gasteiger partial charge in [0, 0.05) is 37.1 Å². The number of fused-ring (bicyclic) bond motifs is 5. The van der Waals surface area contributed by atoms with Crippen molar-refractivity contribution < 1.29 is 56.9 Å². The second-order valence-corrected chi connectivity index (χ2v) is 17.1. The van der Waals surface area contributed by atoms with Gasteiger partial charge in [0.05, 0.1) is 39.3 Å². The summed E-state index contributed by atoms with van der Waals surface area (Å²) in [4.78, 5) is 37.0. The summed E-state index contributed by atoms with van der Waals surface area (Å²) in [5.74, 6) is -10.7. The van der Waals surface area contributed by atoms with Crippen LogP contribution in [0.1, 0.15) is 53.1 Å². The molecule has 0 saturated heterocycles. The molecule has 322 valence electrons. The summed E-state index contributed by atoms with van der Waals surface area (Å²) >= 11 is 5.59. The molecular formula is C35H25ClF9N9O5S2. The number of carbonyl (C=O) groups is 1. The van der Waals surface area contributed by atoms with E-state index >= 15 is 8.78 Å². The van der Waals surface area contributed by atoms with Crippen molar-refractivity contribution in [1.29, 1.82) is 0 Å². The maximum absolute atomic E-state index is 15.4. The van der Waals surface area contributed by atoms with Crippen molar-refractivity contribution >= 4 is 67.3 Å². The summed E-state index contributed by atoms with van der Waals surface area (Å²) in [7, 11) is -2.63. The number of alkyl halides is 7. The van der Waals surface area contributed by atoms with Crippen LogP contribution in [0.2, 0.25) is 5.02 Å². The van der Waals surface area contributed by atoms with Gasteiger partial charge in [0.15, 0.2) is 23.5 Å². The molecule has 4 aromatic heterocycles. The molecule has 3 unspecified atom stereocenters. The zero-order chi connectivity index (χ0) is 44.1. The molecule has 26 heteroatoms. The standard InChI is InChI=1S/C35H25ClF9N9O5S2/c1-52-27-21(5-4-19(36)25(27)31(50-52)51-61(2,57)58)54-32(48-30-16(33(54)56)3-6-23(47-30)59-60-35(43,44)45)20(9-13-7-14(37)10-15(38)8-13)46-22(55)12-53-28-24(26(49-53)29(39)40)17-11-18(17)34(28,41)42/h3-8,10,17-18,20,29H,9,11-12H2,1-2H3,(H,46,55)(H,50,51). The number of benzene rings is 2. The minimum atomic E-state index is -4.89. The number of aryl methyl sites for hydroxylation is 1. The number of pyridine rings is 1. The van der Waals surface area contributed by atoms with E-state index in [9.17, 15) is 48.7 Å². The molecule has 0 spiro atoms. The molecule has 8 rings (SSSR count). The summed E-state index contributed by atoms with van der Waals surface area (Å²) < 4.78 is 161. The third-order valence-corrected chi connectivity index (χ3v) is 11.2. The monoisotopic (exact) mass is 921 g/mol. The van der Waals surface area contributed by atoms with E-state index in [0.29, 0.717) is 10.7 Å². The van der Waals surface area contributed by atoms with E-state index in [0.717, 1.165) is 39.8 Å². The van der Waals surface area contributed by atoms with Crippen LogP contribution >= 0.6 is 23.6 Å². The number of nitrogens with one attached hydrogen (secondary N) is 2. The molecule has 1 saturated carbocycles. The largest absolute Gasteiger partial charge is 0.479 e. The first kappa shape index (κ1) is 42.1. The Morgan fingerprint density at radius 3 is 2.44 bits per heavy atom. The van der Waals surface area contributed by atoms with Crippen LogP contribution in [0.3, 0.4) is 0 Å². The average molecular weight is 922 g/mol. The highest BCUT2D eigenvalue weighted by Gasteiger charge is 2.67. The Balaban J connectivity index is 1.33. The zero-order valence-electron chi connectivity index (χ0n) is 30.7. The Hall–Kier alpha value is -5.56. The molecule has 6 aromatic rings. The number of aromatic nitrogens is 7. The van der Waals surface area contributed by atoms with Crippen molar-refractivity contribution in [1.82, 2.24) is 39.4 Å². The van der Waals surface area contributed by atoms with Gasteiger partial charge in [0.2, 0.25) is 21.8 Å². The van der Waals surface area contributed by atoms with E-state index in [-0.39, 0.29) is 50.4 Å². The van der Waals surface area contributed by atoms with Crippen molar-refractivity contribution in [2.75, 3.05) is 11.0 Å². The van der Waals surface area contributed by atoms with Gasteiger partial charge in [-0.05, 0) is 48.2 Å². The first-order chi connectivity index (χ1) is 28.5. The zero-order valence-corrected chi connectivity index (χ0v) is 33.1. The number of rotatable bonds is 12. The number of sulfonamides is 1. The van der Waals surface area contributed by atoms with Gasteiger partial charge in [-0.15, -0.1) is 0 Å². The fraction of sp³-hybridized carbons (Fsp3) is 0.314. The van der Waals surface area contributed by atoms with Gasteiger partial charge in [-0.3, -0.25) is 28.2 Å². The summed E-state index contributed by atoms with van der Waals surface area (Å²) in [5, 5.41) is 9.83. The summed E-state index contributed by atoms with van der Waals surface area (Å²) in [5.41, 5.74) is -9.03. The molecule has 0 aliphatic heterocycles. The lowest BCUT2D eigenvalue weighted by Gasteiger charge is -2.24. The molecule has 2 aliphatic carbocycles. The van der Waals surface area contributed by atoms with E-state index in [1.54, 1.807) is 0 Å². The molecule has 2 aliphatic rings. The Bertz CT molecular complexity index is 2960. The fourth-order valence-electron chi connectivity index (χ4n) is 7.58. The van der Waals surface area contributed by atoms with Crippen LogP contribution in [0.5, 0.6) is 5.88 Å². The van der Waals surface area contributed by atoms with Gasteiger partial charge >= 0.3 is 5.51 Å². The van der Waals surface area contributed by atoms with E-state index < -0.39 is 123 Å². The van der Waals surface area contributed by atoms with E-state index in [1.807, 2.05) is 0 Å². The number of anilines is 1. The molecule has 2 N–H and O–H groups in total. The molecule has 4 heterocycles. The molecular weight excluding hydrogens is 897 g/mol. The first-order valence-electron chi connectivity index (χ1n) is 17.5. The third kappa shape index (κ3) is 7.93. The highest BCUT2D eigenvalue weighted by molar-refractivity contribution is 7.95. The Kier molecular flexibility index (Phi) is 10.2. The van der Waals surface area contributed by atoms with Gasteiger partial charge < -0.3 is 9.50 Å². The minimum absolute atomic E-state index is 0.0352. The highest BCUT2D eigenvalue weighted by Crippen LogP contribution is 2.68. The minimum Gasteiger partial charge on any atom is -0.397 e. The quantitative estimate of drug-likeness (QED) is 0.0968. The van der Waals surface area contributed by atoms with Crippen LogP contribution in [0.4, 0.5) is 45.3 Å². The molecule has 61 heavy (non-hydrogen) atoms. The fourth-order valence-corrected chi connectivity index (χ4v) is 8.59. The van der Waals surface area contributed by atoms with Gasteiger partial charge in [0.1, 0.15) is 35.4 Å². The summed E-state index contributed by atoms with van der Waals surface area (Å²) in [6.07, 6.45) is -3.14. The van der Waals surface area contributed by atoms with E-state index in [2.05, 4.69) is 34.4 Å². The lowest BCUT2D eigenvalue weighted by atomic mass is 10.0. The predicted octanol–water partition coefficient (Wildman–Crippen LogP) is 6.96. The molecule has 1 amide bonds. The van der Waals surface area contributed by atoms with Crippen LogP contribution in [0.25, 0.3) is 27.6 Å². The van der Waals surface area contributed by atoms with E-state index in [1.165, 1.54) is 19.2 Å².